The number of hydrazine groups is 1. The topological polar surface area (TPSA) is 96.0 Å². The molecule has 0 saturated carbocycles. The lowest BCUT2D eigenvalue weighted by Gasteiger charge is -2.29. The van der Waals surface area contributed by atoms with Crippen LogP contribution in [0.5, 0.6) is 0 Å². The second-order valence-electron chi connectivity index (χ2n) is 3.94. The van der Waals surface area contributed by atoms with Crippen molar-refractivity contribution in [2.75, 3.05) is 45.0 Å². The van der Waals surface area contributed by atoms with Gasteiger partial charge in [0.05, 0.1) is 19.0 Å². The Morgan fingerprint density at radius 2 is 1.84 bits per heavy atom. The summed E-state index contributed by atoms with van der Waals surface area (Å²) in [4.78, 5) is 2.01. The summed E-state index contributed by atoms with van der Waals surface area (Å²) in [6.07, 6.45) is 0.252. The summed E-state index contributed by atoms with van der Waals surface area (Å²) < 4.78 is 54.2. The van der Waals surface area contributed by atoms with Crippen LogP contribution in [0.2, 0.25) is 0 Å². The van der Waals surface area contributed by atoms with Gasteiger partial charge in [-0.25, -0.2) is 8.42 Å². The van der Waals surface area contributed by atoms with Crippen molar-refractivity contribution in [3.05, 3.63) is 0 Å². The number of hydrogen-bond acceptors (Lipinski definition) is 5. The molecular formula is C8H18ClN3O5S2. The third-order valence-electron chi connectivity index (χ3n) is 2.46. The Morgan fingerprint density at radius 3 is 2.37 bits per heavy atom. The van der Waals surface area contributed by atoms with Gasteiger partial charge in [0.25, 0.3) is 10.2 Å². The monoisotopic (exact) mass is 335 g/mol. The highest BCUT2D eigenvalue weighted by Crippen LogP contribution is 2.08. The van der Waals surface area contributed by atoms with Crippen LogP contribution in [0.25, 0.3) is 0 Å². The first-order valence-corrected chi connectivity index (χ1v) is 9.26. The summed E-state index contributed by atoms with van der Waals surface area (Å²) in [5, 5.41) is 0. The van der Waals surface area contributed by atoms with E-state index in [1.54, 1.807) is 0 Å². The minimum atomic E-state index is -3.86. The number of nitrogens with one attached hydrogen (secondary N) is 1. The van der Waals surface area contributed by atoms with Crippen molar-refractivity contribution in [2.24, 2.45) is 0 Å². The first kappa shape index (κ1) is 17.1. The van der Waals surface area contributed by atoms with E-state index in [2.05, 4.69) is 0 Å². The minimum Gasteiger partial charge on any atom is -0.379 e. The van der Waals surface area contributed by atoms with Crippen molar-refractivity contribution < 1.29 is 21.6 Å². The van der Waals surface area contributed by atoms with E-state index < -0.39 is 20.2 Å². The van der Waals surface area contributed by atoms with Crippen LogP contribution in [0, 0.1) is 0 Å². The molecule has 0 radical (unpaired) electrons. The second-order valence-corrected chi connectivity index (χ2v) is 8.10. The molecule has 0 unspecified atom stereocenters. The fraction of sp³-hybridized carbons (Fsp3) is 1.00. The normalized spacial score (nSPS) is 18.9. The summed E-state index contributed by atoms with van der Waals surface area (Å²) in [7, 11) is -6.41. The molecule has 1 saturated heterocycles. The van der Waals surface area contributed by atoms with Crippen molar-refractivity contribution in [1.82, 2.24) is 13.6 Å². The Morgan fingerprint density at radius 1 is 1.26 bits per heavy atom. The molecule has 0 spiro atoms. The summed E-state index contributed by atoms with van der Waals surface area (Å²) in [5.74, 6) is -0.0275. The highest BCUT2D eigenvalue weighted by molar-refractivity contribution is 7.91. The predicted molar refractivity (Wildman–Crippen MR) is 71.3 cm³/mol. The van der Waals surface area contributed by atoms with Gasteiger partial charge in [-0.05, 0) is 6.42 Å². The zero-order valence-corrected chi connectivity index (χ0v) is 13.0. The second kappa shape index (κ2) is 7.16. The number of sulfonamides is 1. The summed E-state index contributed by atoms with van der Waals surface area (Å²) in [6.45, 7) is 1.00. The molecule has 0 bridgehead atoms. The van der Waals surface area contributed by atoms with E-state index in [1.807, 2.05) is 4.83 Å². The van der Waals surface area contributed by atoms with Gasteiger partial charge in [0.1, 0.15) is 0 Å². The lowest BCUT2D eigenvalue weighted by atomic mass is 10.5. The molecule has 1 heterocycles. The van der Waals surface area contributed by atoms with Gasteiger partial charge in [-0.2, -0.15) is 12.7 Å². The SMILES string of the molecule is CN(NS(=O)(=O)CCCCl)S(=O)(=O)N1CCOCC1. The van der Waals surface area contributed by atoms with Gasteiger partial charge < -0.3 is 4.74 Å². The number of morpholine rings is 1. The van der Waals surface area contributed by atoms with E-state index >= 15 is 0 Å². The smallest absolute Gasteiger partial charge is 0.295 e. The zero-order chi connectivity index (χ0) is 14.5. The molecule has 1 N–H and O–H groups in total. The van der Waals surface area contributed by atoms with E-state index in [-0.39, 0.29) is 31.1 Å². The zero-order valence-electron chi connectivity index (χ0n) is 10.6. The summed E-state index contributed by atoms with van der Waals surface area (Å²) in [5.41, 5.74) is 0. The third-order valence-corrected chi connectivity index (χ3v) is 6.02. The summed E-state index contributed by atoms with van der Waals surface area (Å²) in [6, 6.07) is 0. The molecule has 0 aromatic rings. The maximum Gasteiger partial charge on any atom is 0.295 e. The predicted octanol–water partition coefficient (Wildman–Crippen LogP) is -1.04. The molecular weight excluding hydrogens is 318 g/mol. The Bertz CT molecular complexity index is 475. The number of hydrogen-bond donors (Lipinski definition) is 1. The van der Waals surface area contributed by atoms with Crippen LogP contribution in [0.4, 0.5) is 0 Å². The standard InChI is InChI=1S/C8H18ClN3O5S2/c1-11(10-18(13,14)8-2-3-9)19(15,16)12-4-6-17-7-5-12/h10H,2-8H2,1H3. The van der Waals surface area contributed by atoms with Crippen molar-refractivity contribution in [2.45, 2.75) is 6.42 Å². The van der Waals surface area contributed by atoms with E-state index in [0.717, 1.165) is 7.05 Å². The highest BCUT2D eigenvalue weighted by atomic mass is 35.5. The van der Waals surface area contributed by atoms with Crippen LogP contribution < -0.4 is 4.83 Å². The number of nitrogens with zero attached hydrogens (tertiary/aromatic N) is 2. The molecule has 1 aliphatic heterocycles. The lowest BCUT2D eigenvalue weighted by Crippen LogP contribution is -2.53. The average Bonchev–Trinajstić information content (AvgIpc) is 2.37. The molecule has 0 atom stereocenters. The van der Waals surface area contributed by atoms with Crippen molar-refractivity contribution in [3.63, 3.8) is 0 Å². The van der Waals surface area contributed by atoms with Crippen molar-refractivity contribution in [1.29, 1.82) is 0 Å². The molecule has 1 fully saturated rings. The minimum absolute atomic E-state index is 0.195. The van der Waals surface area contributed by atoms with E-state index in [4.69, 9.17) is 16.3 Å². The first-order valence-electron chi connectivity index (χ1n) is 5.67. The van der Waals surface area contributed by atoms with Gasteiger partial charge >= 0.3 is 0 Å². The van der Waals surface area contributed by atoms with Gasteiger partial charge in [-0.15, -0.1) is 20.8 Å². The number of halogens is 1. The number of ether oxygens (including phenoxy) is 1. The van der Waals surface area contributed by atoms with Gasteiger partial charge in [0.2, 0.25) is 10.0 Å². The summed E-state index contributed by atoms with van der Waals surface area (Å²) >= 11 is 5.41. The van der Waals surface area contributed by atoms with E-state index in [1.165, 1.54) is 4.31 Å². The van der Waals surface area contributed by atoms with Crippen molar-refractivity contribution in [3.8, 4) is 0 Å². The molecule has 1 rings (SSSR count). The Hall–Kier alpha value is 0.0300. The van der Waals surface area contributed by atoms with Crippen LogP contribution in [0.1, 0.15) is 6.42 Å². The van der Waals surface area contributed by atoms with Gasteiger partial charge in [-0.3, -0.25) is 0 Å². The van der Waals surface area contributed by atoms with Gasteiger partial charge in [0.15, 0.2) is 0 Å². The maximum absolute atomic E-state index is 12.1. The van der Waals surface area contributed by atoms with Crippen LogP contribution >= 0.6 is 11.6 Å². The lowest BCUT2D eigenvalue weighted by molar-refractivity contribution is 0.0703. The van der Waals surface area contributed by atoms with E-state index in [9.17, 15) is 16.8 Å². The Kier molecular flexibility index (Phi) is 6.43. The quantitative estimate of drug-likeness (QED) is 0.473. The molecule has 0 aliphatic carbocycles. The number of rotatable bonds is 7. The van der Waals surface area contributed by atoms with Crippen LogP contribution in [0.15, 0.2) is 0 Å². The molecule has 1 aliphatic rings. The molecule has 11 heteroatoms. The molecule has 0 amide bonds. The molecule has 114 valence electrons. The number of alkyl halides is 1. The fourth-order valence-corrected chi connectivity index (χ4v) is 4.46. The molecule has 8 nitrogen and oxygen atoms in total. The van der Waals surface area contributed by atoms with E-state index in [0.29, 0.717) is 17.6 Å². The first-order chi connectivity index (χ1) is 8.79. The Labute approximate surface area is 118 Å². The highest BCUT2D eigenvalue weighted by Gasteiger charge is 2.30. The van der Waals surface area contributed by atoms with Gasteiger partial charge in [-0.1, -0.05) is 0 Å². The van der Waals surface area contributed by atoms with Gasteiger partial charge in [0, 0.05) is 26.0 Å². The average molecular weight is 336 g/mol. The fourth-order valence-electron chi connectivity index (χ4n) is 1.48. The Balaban J connectivity index is 2.67. The largest absolute Gasteiger partial charge is 0.379 e. The van der Waals surface area contributed by atoms with Crippen LogP contribution in [-0.2, 0) is 25.0 Å². The molecule has 0 aromatic heterocycles. The maximum atomic E-state index is 12.1. The molecule has 0 aromatic carbocycles. The van der Waals surface area contributed by atoms with Crippen molar-refractivity contribution >= 4 is 31.8 Å². The molecule has 19 heavy (non-hydrogen) atoms. The van der Waals surface area contributed by atoms with Crippen LogP contribution in [0.3, 0.4) is 0 Å². The third kappa shape index (κ3) is 5.14. The van der Waals surface area contributed by atoms with Crippen LogP contribution in [-0.4, -0.2) is 70.5 Å².